The van der Waals surface area contributed by atoms with Gasteiger partial charge in [-0.3, -0.25) is 4.79 Å². The number of carbonyl (C=O) groups is 1. The van der Waals surface area contributed by atoms with Crippen LogP contribution in [0.1, 0.15) is 27.4 Å². The molecule has 1 N–H and O–H groups in total. The Morgan fingerprint density at radius 2 is 2.17 bits per heavy atom. The summed E-state index contributed by atoms with van der Waals surface area (Å²) in [5, 5.41) is 7.56. The molecule has 1 amide bonds. The topological polar surface area (TPSA) is 73.0 Å². The molecule has 0 atom stereocenters. The van der Waals surface area contributed by atoms with Gasteiger partial charge in [0.25, 0.3) is 5.91 Å². The molecule has 23 heavy (non-hydrogen) atoms. The maximum Gasteiger partial charge on any atom is 0.255 e. The Kier molecular flexibility index (Phi) is 4.16. The van der Waals surface area contributed by atoms with Crippen molar-refractivity contribution in [2.24, 2.45) is 0 Å². The van der Waals surface area contributed by atoms with Crippen molar-refractivity contribution in [3.63, 3.8) is 0 Å². The van der Waals surface area contributed by atoms with E-state index in [0.29, 0.717) is 28.7 Å². The van der Waals surface area contributed by atoms with Crippen molar-refractivity contribution in [1.82, 2.24) is 20.1 Å². The van der Waals surface area contributed by atoms with E-state index < -0.39 is 0 Å². The smallest absolute Gasteiger partial charge is 0.255 e. The summed E-state index contributed by atoms with van der Waals surface area (Å²) >= 11 is 5.92. The molecule has 0 aromatic carbocycles. The fourth-order valence-corrected chi connectivity index (χ4v) is 2.35. The molecule has 118 valence electrons. The van der Waals surface area contributed by atoms with E-state index >= 15 is 0 Å². The molecule has 7 heteroatoms. The van der Waals surface area contributed by atoms with Gasteiger partial charge in [-0.25, -0.2) is 9.67 Å². The van der Waals surface area contributed by atoms with E-state index in [1.165, 1.54) is 6.26 Å². The van der Waals surface area contributed by atoms with Crippen LogP contribution < -0.4 is 5.32 Å². The van der Waals surface area contributed by atoms with Crippen LogP contribution in [0.2, 0.25) is 5.02 Å². The highest BCUT2D eigenvalue weighted by atomic mass is 35.5. The molecule has 0 spiro atoms. The number of hydrogen-bond donors (Lipinski definition) is 1. The average Bonchev–Trinajstić information content (AvgIpc) is 3.14. The quantitative estimate of drug-likeness (QED) is 0.798. The fourth-order valence-electron chi connectivity index (χ4n) is 2.22. The van der Waals surface area contributed by atoms with Crippen LogP contribution in [-0.2, 0) is 6.54 Å². The second-order valence-corrected chi connectivity index (χ2v) is 5.55. The van der Waals surface area contributed by atoms with Crippen LogP contribution in [0.25, 0.3) is 5.82 Å². The number of aryl methyl sites for hydroxylation is 2. The number of amides is 1. The number of halogens is 1. The molecule has 3 aromatic rings. The van der Waals surface area contributed by atoms with Crippen molar-refractivity contribution in [3.05, 3.63) is 64.5 Å². The molecule has 0 bridgehead atoms. The maximum atomic E-state index is 12.2. The minimum absolute atomic E-state index is 0.193. The monoisotopic (exact) mass is 330 g/mol. The van der Waals surface area contributed by atoms with Gasteiger partial charge in [0.2, 0.25) is 0 Å². The van der Waals surface area contributed by atoms with Crippen LogP contribution in [0.5, 0.6) is 0 Å². The van der Waals surface area contributed by atoms with Gasteiger partial charge in [-0.15, -0.1) is 0 Å². The lowest BCUT2D eigenvalue weighted by atomic mass is 10.2. The van der Waals surface area contributed by atoms with Crippen molar-refractivity contribution in [3.8, 4) is 5.82 Å². The summed E-state index contributed by atoms with van der Waals surface area (Å²) in [5.41, 5.74) is 2.21. The lowest BCUT2D eigenvalue weighted by Gasteiger charge is -2.10. The zero-order valence-corrected chi connectivity index (χ0v) is 13.5. The van der Waals surface area contributed by atoms with E-state index in [4.69, 9.17) is 16.0 Å². The van der Waals surface area contributed by atoms with E-state index in [2.05, 4.69) is 15.4 Å². The number of nitrogens with one attached hydrogen (secondary N) is 1. The molecule has 3 heterocycles. The Balaban J connectivity index is 1.83. The normalized spacial score (nSPS) is 10.7. The molecule has 3 rings (SSSR count). The third kappa shape index (κ3) is 3.27. The minimum Gasteiger partial charge on any atom is -0.469 e. The number of aromatic nitrogens is 3. The summed E-state index contributed by atoms with van der Waals surface area (Å²) in [6.45, 7) is 3.97. The highest BCUT2D eigenvalue weighted by molar-refractivity contribution is 6.30. The lowest BCUT2D eigenvalue weighted by molar-refractivity contribution is 0.0949. The number of hydrogen-bond acceptors (Lipinski definition) is 4. The first kappa shape index (κ1) is 15.3. The van der Waals surface area contributed by atoms with Gasteiger partial charge in [-0.2, -0.15) is 5.10 Å². The Morgan fingerprint density at radius 3 is 2.83 bits per heavy atom. The first-order valence-electron chi connectivity index (χ1n) is 7.04. The zero-order valence-electron chi connectivity index (χ0n) is 12.7. The molecular formula is C16H15ClN4O2. The molecule has 0 aliphatic heterocycles. The van der Waals surface area contributed by atoms with Gasteiger partial charge in [-0.05, 0) is 26.0 Å². The average molecular weight is 331 g/mol. The van der Waals surface area contributed by atoms with Gasteiger partial charge in [0.1, 0.15) is 5.76 Å². The van der Waals surface area contributed by atoms with Crippen molar-refractivity contribution < 1.29 is 9.21 Å². The predicted octanol–water partition coefficient (Wildman–Crippen LogP) is 3.06. The Hall–Kier alpha value is -2.60. The third-order valence-electron chi connectivity index (χ3n) is 3.41. The highest BCUT2D eigenvalue weighted by Crippen LogP contribution is 2.16. The molecule has 0 saturated carbocycles. The van der Waals surface area contributed by atoms with E-state index in [1.807, 2.05) is 19.1 Å². The summed E-state index contributed by atoms with van der Waals surface area (Å²) < 4.78 is 6.74. The van der Waals surface area contributed by atoms with Crippen molar-refractivity contribution in [2.75, 3.05) is 0 Å². The van der Waals surface area contributed by atoms with E-state index in [1.54, 1.807) is 30.1 Å². The lowest BCUT2D eigenvalue weighted by Crippen LogP contribution is -2.24. The Labute approximate surface area is 138 Å². The molecule has 0 aliphatic rings. The molecule has 6 nitrogen and oxygen atoms in total. The standard InChI is InChI=1S/C16H15ClN4O2/c1-10-3-4-12(15(20-10)21-9-13(17)8-19-21)7-18-16(22)14-5-6-23-11(14)2/h3-6,8-9H,7H2,1-2H3,(H,18,22). The minimum atomic E-state index is -0.193. The number of rotatable bonds is 4. The van der Waals surface area contributed by atoms with Gasteiger partial charge >= 0.3 is 0 Å². The molecule has 0 radical (unpaired) electrons. The van der Waals surface area contributed by atoms with Crippen molar-refractivity contribution in [1.29, 1.82) is 0 Å². The number of pyridine rings is 1. The first-order chi connectivity index (χ1) is 11.0. The third-order valence-corrected chi connectivity index (χ3v) is 3.60. The van der Waals surface area contributed by atoms with Crippen LogP contribution in [0, 0.1) is 13.8 Å². The van der Waals surface area contributed by atoms with Gasteiger partial charge in [0.05, 0.1) is 29.2 Å². The molecule has 0 fully saturated rings. The zero-order chi connectivity index (χ0) is 16.4. The van der Waals surface area contributed by atoms with Crippen molar-refractivity contribution in [2.45, 2.75) is 20.4 Å². The van der Waals surface area contributed by atoms with Crippen LogP contribution in [0.3, 0.4) is 0 Å². The predicted molar refractivity (Wildman–Crippen MR) is 85.7 cm³/mol. The summed E-state index contributed by atoms with van der Waals surface area (Å²) in [6.07, 6.45) is 4.71. The van der Waals surface area contributed by atoms with Crippen molar-refractivity contribution >= 4 is 17.5 Å². The molecular weight excluding hydrogens is 316 g/mol. The van der Waals surface area contributed by atoms with Gasteiger partial charge in [0.15, 0.2) is 5.82 Å². The van der Waals surface area contributed by atoms with E-state index in [-0.39, 0.29) is 5.91 Å². The fraction of sp³-hybridized carbons (Fsp3) is 0.188. The summed E-state index contributed by atoms with van der Waals surface area (Å²) in [4.78, 5) is 16.7. The first-order valence-corrected chi connectivity index (χ1v) is 7.42. The maximum absolute atomic E-state index is 12.2. The number of nitrogens with zero attached hydrogens (tertiary/aromatic N) is 3. The van der Waals surface area contributed by atoms with Crippen LogP contribution in [-0.4, -0.2) is 20.7 Å². The van der Waals surface area contributed by atoms with Gasteiger partial charge in [-0.1, -0.05) is 17.7 Å². The van der Waals surface area contributed by atoms with Gasteiger partial charge < -0.3 is 9.73 Å². The van der Waals surface area contributed by atoms with Crippen LogP contribution in [0.15, 0.2) is 41.3 Å². The summed E-state index contributed by atoms with van der Waals surface area (Å²) in [5.74, 6) is 1.03. The van der Waals surface area contributed by atoms with E-state index in [0.717, 1.165) is 11.3 Å². The SMILES string of the molecule is Cc1ccc(CNC(=O)c2ccoc2C)c(-n2cc(Cl)cn2)n1. The van der Waals surface area contributed by atoms with Crippen LogP contribution >= 0.6 is 11.6 Å². The number of carbonyl (C=O) groups excluding carboxylic acids is 1. The largest absolute Gasteiger partial charge is 0.469 e. The second-order valence-electron chi connectivity index (χ2n) is 5.11. The number of furan rings is 1. The molecule has 0 unspecified atom stereocenters. The highest BCUT2D eigenvalue weighted by Gasteiger charge is 2.13. The second kappa shape index (κ2) is 6.26. The summed E-state index contributed by atoms with van der Waals surface area (Å²) in [6, 6.07) is 5.45. The molecule has 0 aliphatic carbocycles. The molecule has 3 aromatic heterocycles. The Morgan fingerprint density at radius 1 is 1.35 bits per heavy atom. The van der Waals surface area contributed by atoms with Crippen LogP contribution in [0.4, 0.5) is 0 Å². The van der Waals surface area contributed by atoms with Gasteiger partial charge in [0, 0.05) is 17.8 Å². The Bertz CT molecular complexity index is 853. The van der Waals surface area contributed by atoms with E-state index in [9.17, 15) is 4.79 Å². The molecule has 0 saturated heterocycles. The summed E-state index contributed by atoms with van der Waals surface area (Å²) in [7, 11) is 0.